The van der Waals surface area contributed by atoms with E-state index >= 15 is 0 Å². The van der Waals surface area contributed by atoms with Crippen molar-refractivity contribution < 1.29 is 19.4 Å². The van der Waals surface area contributed by atoms with Crippen LogP contribution in [0.2, 0.25) is 0 Å². The molecule has 4 nitrogen and oxygen atoms in total. The topological polar surface area (TPSA) is 63.6 Å². The number of hydrogen-bond acceptors (Lipinski definition) is 3. The average Bonchev–Trinajstić information content (AvgIpc) is 2.90. The molecular weight excluding hydrogens is 472 g/mol. The van der Waals surface area contributed by atoms with Gasteiger partial charge in [-0.25, -0.2) is 0 Å². The first kappa shape index (κ1) is 36.4. The largest absolute Gasteiger partial charge is 0.481 e. The van der Waals surface area contributed by atoms with E-state index in [9.17, 15) is 9.59 Å². The molecule has 0 fully saturated rings. The van der Waals surface area contributed by atoms with Crippen molar-refractivity contribution in [1.82, 2.24) is 0 Å². The van der Waals surface area contributed by atoms with Gasteiger partial charge in [0.25, 0.3) is 0 Å². The summed E-state index contributed by atoms with van der Waals surface area (Å²) in [5.41, 5.74) is 0. The van der Waals surface area contributed by atoms with E-state index in [1.54, 1.807) is 0 Å². The van der Waals surface area contributed by atoms with Gasteiger partial charge in [0.15, 0.2) is 0 Å². The third-order valence-corrected chi connectivity index (χ3v) is 7.41. The molecule has 222 valence electrons. The quantitative estimate of drug-likeness (QED) is 0.0565. The average molecular weight is 535 g/mol. The van der Waals surface area contributed by atoms with Crippen molar-refractivity contribution in [2.45, 2.75) is 167 Å². The Balaban J connectivity index is 3.38. The second-order valence-corrected chi connectivity index (χ2v) is 11.1. The number of carbonyl (C=O) groups excluding carboxylic acids is 1. The molecule has 0 amide bonds. The number of carboxylic acids is 1. The van der Waals surface area contributed by atoms with Gasteiger partial charge < -0.3 is 9.84 Å². The van der Waals surface area contributed by atoms with E-state index in [1.165, 1.54) is 141 Å². The molecule has 0 aromatic heterocycles. The van der Waals surface area contributed by atoms with Crippen LogP contribution in [0.4, 0.5) is 0 Å². The van der Waals surface area contributed by atoms with Crippen molar-refractivity contribution >= 4 is 11.9 Å². The molecule has 0 aliphatic carbocycles. The Bertz CT molecular complexity index is 569. The summed E-state index contributed by atoms with van der Waals surface area (Å²) in [6.07, 6.45) is 37.4. The summed E-state index contributed by atoms with van der Waals surface area (Å²) < 4.78 is 5.01. The van der Waals surface area contributed by atoms with Gasteiger partial charge in [0.2, 0.25) is 0 Å². The lowest BCUT2D eigenvalue weighted by atomic mass is 10.0. The van der Waals surface area contributed by atoms with E-state index < -0.39 is 17.9 Å². The van der Waals surface area contributed by atoms with Crippen LogP contribution in [0.3, 0.4) is 0 Å². The van der Waals surface area contributed by atoms with Gasteiger partial charge in [0.1, 0.15) is 6.61 Å². The van der Waals surface area contributed by atoms with E-state index in [4.69, 9.17) is 9.84 Å². The maximum Gasteiger partial charge on any atom is 0.310 e. The zero-order valence-corrected chi connectivity index (χ0v) is 25.1. The third kappa shape index (κ3) is 27.5. The maximum atomic E-state index is 11.9. The summed E-state index contributed by atoms with van der Waals surface area (Å²) in [7, 11) is 0. The van der Waals surface area contributed by atoms with Gasteiger partial charge in [0.05, 0.1) is 12.3 Å². The minimum Gasteiger partial charge on any atom is -0.481 e. The molecule has 0 radical (unpaired) electrons. The molecule has 1 atom stereocenters. The minimum atomic E-state index is -0.974. The summed E-state index contributed by atoms with van der Waals surface area (Å²) in [5, 5.41) is 9.00. The lowest BCUT2D eigenvalue weighted by Crippen LogP contribution is -2.20. The Morgan fingerprint density at radius 3 is 1.42 bits per heavy atom. The van der Waals surface area contributed by atoms with Gasteiger partial charge in [-0.2, -0.15) is 0 Å². The standard InChI is InChI=1S/C34H62O4/c1-3-5-6-7-8-9-10-11-12-13-14-15-16-17-18-19-20-21-22-23-24-25-26-27-28-29-32(31-33(35)36)34(37)38-30-4-2/h4,27-28,32H,2-3,5-26,29-31H2,1H3,(H,35,36)/b28-27+. The second kappa shape index (κ2) is 30.0. The molecule has 0 heterocycles. The number of esters is 1. The number of carboxylic acid groups (broad SMARTS) is 1. The molecule has 0 spiro atoms. The molecule has 0 rings (SSSR count). The van der Waals surface area contributed by atoms with E-state index in [0.29, 0.717) is 6.42 Å². The van der Waals surface area contributed by atoms with Crippen LogP contribution in [0.25, 0.3) is 0 Å². The summed E-state index contributed by atoms with van der Waals surface area (Å²) in [5.74, 6) is -2.05. The van der Waals surface area contributed by atoms with Crippen molar-refractivity contribution in [3.8, 4) is 0 Å². The fourth-order valence-electron chi connectivity index (χ4n) is 4.98. The van der Waals surface area contributed by atoms with E-state index in [2.05, 4.69) is 19.6 Å². The van der Waals surface area contributed by atoms with E-state index in [0.717, 1.165) is 12.8 Å². The van der Waals surface area contributed by atoms with Crippen LogP contribution in [0, 0.1) is 5.92 Å². The Morgan fingerprint density at radius 1 is 0.658 bits per heavy atom. The summed E-state index contributed by atoms with van der Waals surface area (Å²) in [6, 6.07) is 0. The molecule has 4 heteroatoms. The van der Waals surface area contributed by atoms with Gasteiger partial charge in [-0.05, 0) is 19.3 Å². The van der Waals surface area contributed by atoms with Crippen molar-refractivity contribution in [3.63, 3.8) is 0 Å². The molecule has 0 aliphatic heterocycles. The zero-order valence-electron chi connectivity index (χ0n) is 25.1. The Labute approximate surface area is 236 Å². The molecule has 38 heavy (non-hydrogen) atoms. The molecule has 0 aromatic rings. The Morgan fingerprint density at radius 2 is 1.05 bits per heavy atom. The molecule has 1 unspecified atom stereocenters. The highest BCUT2D eigenvalue weighted by Crippen LogP contribution is 2.16. The minimum absolute atomic E-state index is 0.123. The number of hydrogen-bond donors (Lipinski definition) is 1. The first-order chi connectivity index (χ1) is 18.6. The van der Waals surface area contributed by atoms with Crippen molar-refractivity contribution in [1.29, 1.82) is 0 Å². The molecule has 0 saturated heterocycles. The van der Waals surface area contributed by atoms with E-state index in [-0.39, 0.29) is 13.0 Å². The SMILES string of the molecule is C=CCOC(=O)C(C/C=C/CCCCCCCCCCCCCCCCCCCCCCCC)CC(=O)O. The number of carbonyl (C=O) groups is 2. The van der Waals surface area contributed by atoms with Crippen molar-refractivity contribution in [3.05, 3.63) is 24.8 Å². The molecule has 1 N–H and O–H groups in total. The lowest BCUT2D eigenvalue weighted by Gasteiger charge is -2.11. The molecule has 0 bridgehead atoms. The number of aliphatic carboxylic acids is 1. The molecule has 0 aliphatic rings. The van der Waals surface area contributed by atoms with Crippen LogP contribution in [-0.2, 0) is 14.3 Å². The van der Waals surface area contributed by atoms with Crippen LogP contribution >= 0.6 is 0 Å². The highest BCUT2D eigenvalue weighted by Gasteiger charge is 2.21. The van der Waals surface area contributed by atoms with Gasteiger partial charge in [-0.1, -0.05) is 167 Å². The smallest absolute Gasteiger partial charge is 0.310 e. The Kier molecular flexibility index (Phi) is 28.7. The van der Waals surface area contributed by atoms with Crippen LogP contribution in [-0.4, -0.2) is 23.7 Å². The van der Waals surface area contributed by atoms with Crippen molar-refractivity contribution in [2.24, 2.45) is 5.92 Å². The van der Waals surface area contributed by atoms with E-state index in [1.807, 2.05) is 6.08 Å². The van der Waals surface area contributed by atoms with Gasteiger partial charge in [0, 0.05) is 0 Å². The molecular formula is C34H62O4. The third-order valence-electron chi connectivity index (χ3n) is 7.41. The summed E-state index contributed by atoms with van der Waals surface area (Å²) in [4.78, 5) is 22.9. The van der Waals surface area contributed by atoms with Crippen LogP contribution in [0.5, 0.6) is 0 Å². The summed E-state index contributed by atoms with van der Waals surface area (Å²) in [6.45, 7) is 5.92. The zero-order chi connectivity index (χ0) is 27.9. The second-order valence-electron chi connectivity index (χ2n) is 11.1. The highest BCUT2D eigenvalue weighted by molar-refractivity contribution is 5.79. The van der Waals surface area contributed by atoms with Crippen LogP contribution in [0.15, 0.2) is 24.8 Å². The predicted octanol–water partition coefficient (Wildman–Crippen LogP) is 10.7. The van der Waals surface area contributed by atoms with Crippen molar-refractivity contribution in [2.75, 3.05) is 6.61 Å². The fourth-order valence-corrected chi connectivity index (χ4v) is 4.98. The highest BCUT2D eigenvalue weighted by atomic mass is 16.5. The number of unbranched alkanes of at least 4 members (excludes halogenated alkanes) is 22. The van der Waals surface area contributed by atoms with Gasteiger partial charge >= 0.3 is 11.9 Å². The molecule has 0 aromatic carbocycles. The number of rotatable bonds is 30. The lowest BCUT2D eigenvalue weighted by molar-refractivity contribution is -0.152. The monoisotopic (exact) mass is 534 g/mol. The first-order valence-corrected chi connectivity index (χ1v) is 16.3. The van der Waals surface area contributed by atoms with Gasteiger partial charge in [-0.15, -0.1) is 0 Å². The summed E-state index contributed by atoms with van der Waals surface area (Å²) >= 11 is 0. The van der Waals surface area contributed by atoms with Crippen LogP contribution < -0.4 is 0 Å². The maximum absolute atomic E-state index is 11.9. The Hall–Kier alpha value is -1.58. The fraction of sp³-hybridized carbons (Fsp3) is 0.824. The normalized spacial score (nSPS) is 12.1. The van der Waals surface area contributed by atoms with Gasteiger partial charge in [-0.3, -0.25) is 9.59 Å². The predicted molar refractivity (Wildman–Crippen MR) is 163 cm³/mol. The number of ether oxygens (including phenoxy) is 1. The van der Waals surface area contributed by atoms with Crippen LogP contribution in [0.1, 0.15) is 167 Å². The molecule has 0 saturated carbocycles. The number of allylic oxidation sites excluding steroid dienone is 2. The first-order valence-electron chi connectivity index (χ1n) is 16.3.